The van der Waals surface area contributed by atoms with Gasteiger partial charge in [0, 0.05) is 3.57 Å². The van der Waals surface area contributed by atoms with E-state index in [1.54, 1.807) is 0 Å². The summed E-state index contributed by atoms with van der Waals surface area (Å²) < 4.78 is 1.10. The molecule has 0 fully saturated rings. The molecule has 0 aliphatic carbocycles. The van der Waals surface area contributed by atoms with Gasteiger partial charge in [-0.2, -0.15) is 0 Å². The number of carbonyl (C=O) groups excluding carboxylic acids is 1. The first-order valence-electron chi connectivity index (χ1n) is 4.75. The van der Waals surface area contributed by atoms with Crippen LogP contribution in [0.5, 0.6) is 0 Å². The minimum atomic E-state index is -1.03. The maximum atomic E-state index is 11.4. The van der Waals surface area contributed by atoms with Gasteiger partial charge in [-0.1, -0.05) is 12.1 Å². The van der Waals surface area contributed by atoms with Crippen molar-refractivity contribution in [3.63, 3.8) is 0 Å². The van der Waals surface area contributed by atoms with Crippen molar-refractivity contribution in [2.45, 2.75) is 19.4 Å². The first kappa shape index (κ1) is 13.0. The summed E-state index contributed by atoms with van der Waals surface area (Å²) in [7, 11) is 0. The predicted octanol–water partition coefficient (Wildman–Crippen LogP) is 1.42. The molecule has 1 atom stereocenters. The van der Waals surface area contributed by atoms with Crippen LogP contribution in [0.3, 0.4) is 0 Å². The van der Waals surface area contributed by atoms with Gasteiger partial charge in [0.05, 0.1) is 6.42 Å². The molecule has 0 saturated heterocycles. The molecule has 0 bridgehead atoms. The summed E-state index contributed by atoms with van der Waals surface area (Å²) in [6, 6.07) is 6.67. The molecule has 16 heavy (non-hydrogen) atoms. The van der Waals surface area contributed by atoms with Gasteiger partial charge < -0.3 is 10.4 Å². The van der Waals surface area contributed by atoms with E-state index < -0.39 is 12.0 Å². The summed E-state index contributed by atoms with van der Waals surface area (Å²) in [4.78, 5) is 22.0. The van der Waals surface area contributed by atoms with E-state index in [2.05, 4.69) is 27.9 Å². The molecule has 1 aromatic carbocycles. The molecular weight excluding hydrogens is 321 g/mol. The van der Waals surface area contributed by atoms with Crippen LogP contribution in [-0.2, 0) is 16.0 Å². The Morgan fingerprint density at radius 3 is 2.44 bits per heavy atom. The van der Waals surface area contributed by atoms with E-state index in [1.807, 2.05) is 24.3 Å². The van der Waals surface area contributed by atoms with E-state index in [0.29, 0.717) is 0 Å². The molecule has 0 aliphatic rings. The number of carboxylic acids is 1. The van der Waals surface area contributed by atoms with Gasteiger partial charge in [0.15, 0.2) is 0 Å². The van der Waals surface area contributed by atoms with Crippen LogP contribution in [0.4, 0.5) is 0 Å². The molecule has 0 radical (unpaired) electrons. The Morgan fingerprint density at radius 2 is 1.94 bits per heavy atom. The second kappa shape index (κ2) is 5.83. The lowest BCUT2D eigenvalue weighted by Crippen LogP contribution is -2.39. The van der Waals surface area contributed by atoms with Crippen LogP contribution in [-0.4, -0.2) is 23.0 Å². The SMILES string of the molecule is C[C@H](NC(=O)Cc1ccc(I)cc1)C(=O)O. The molecule has 2 N–H and O–H groups in total. The molecule has 0 heterocycles. The number of amides is 1. The Hall–Kier alpha value is -1.11. The number of hydrogen-bond acceptors (Lipinski definition) is 2. The lowest BCUT2D eigenvalue weighted by molar-refractivity contribution is -0.141. The van der Waals surface area contributed by atoms with Crippen molar-refractivity contribution >= 4 is 34.5 Å². The predicted molar refractivity (Wildman–Crippen MR) is 68.1 cm³/mol. The number of hydrogen-bond donors (Lipinski definition) is 2. The second-order valence-corrected chi connectivity index (χ2v) is 4.68. The molecule has 0 aliphatic heterocycles. The summed E-state index contributed by atoms with van der Waals surface area (Å²) >= 11 is 2.18. The highest BCUT2D eigenvalue weighted by molar-refractivity contribution is 14.1. The van der Waals surface area contributed by atoms with Crippen molar-refractivity contribution < 1.29 is 14.7 Å². The van der Waals surface area contributed by atoms with Gasteiger partial charge in [-0.25, -0.2) is 0 Å². The molecule has 0 spiro atoms. The van der Waals surface area contributed by atoms with Crippen LogP contribution >= 0.6 is 22.6 Å². The van der Waals surface area contributed by atoms with Gasteiger partial charge in [0.25, 0.3) is 0 Å². The van der Waals surface area contributed by atoms with Crippen LogP contribution in [0.2, 0.25) is 0 Å². The lowest BCUT2D eigenvalue weighted by atomic mass is 10.1. The van der Waals surface area contributed by atoms with E-state index in [-0.39, 0.29) is 12.3 Å². The average molecular weight is 333 g/mol. The molecule has 1 aromatic rings. The van der Waals surface area contributed by atoms with E-state index >= 15 is 0 Å². The smallest absolute Gasteiger partial charge is 0.325 e. The van der Waals surface area contributed by atoms with Crippen molar-refractivity contribution in [2.24, 2.45) is 0 Å². The number of carboxylic acid groups (broad SMARTS) is 1. The van der Waals surface area contributed by atoms with E-state index in [4.69, 9.17) is 5.11 Å². The normalized spacial score (nSPS) is 11.9. The number of halogens is 1. The topological polar surface area (TPSA) is 66.4 Å². The second-order valence-electron chi connectivity index (χ2n) is 3.43. The van der Waals surface area contributed by atoms with E-state index in [1.165, 1.54) is 6.92 Å². The summed E-state index contributed by atoms with van der Waals surface area (Å²) in [5, 5.41) is 11.0. The highest BCUT2D eigenvalue weighted by atomic mass is 127. The Morgan fingerprint density at radius 1 is 1.38 bits per heavy atom. The zero-order chi connectivity index (χ0) is 12.1. The van der Waals surface area contributed by atoms with Crippen LogP contribution in [0, 0.1) is 3.57 Å². The molecule has 5 heteroatoms. The summed E-state index contributed by atoms with van der Waals surface area (Å²) in [6.45, 7) is 1.44. The van der Waals surface area contributed by atoms with Crippen molar-refractivity contribution in [3.8, 4) is 0 Å². The Balaban J connectivity index is 2.52. The maximum Gasteiger partial charge on any atom is 0.325 e. The monoisotopic (exact) mass is 333 g/mol. The summed E-state index contributed by atoms with van der Waals surface area (Å²) in [6.07, 6.45) is 0.203. The highest BCUT2D eigenvalue weighted by Gasteiger charge is 2.13. The molecule has 86 valence electrons. The third-order valence-corrected chi connectivity index (χ3v) is 2.75. The first-order chi connectivity index (χ1) is 7.49. The van der Waals surface area contributed by atoms with Crippen molar-refractivity contribution in [1.82, 2.24) is 5.32 Å². The van der Waals surface area contributed by atoms with Gasteiger partial charge in [-0.15, -0.1) is 0 Å². The fourth-order valence-electron chi connectivity index (χ4n) is 1.14. The minimum absolute atomic E-state index is 0.203. The number of nitrogens with one attached hydrogen (secondary N) is 1. The van der Waals surface area contributed by atoms with Gasteiger partial charge in [0.2, 0.25) is 5.91 Å². The Bertz CT molecular complexity index is 389. The molecule has 0 saturated carbocycles. The minimum Gasteiger partial charge on any atom is -0.480 e. The number of benzene rings is 1. The summed E-state index contributed by atoms with van der Waals surface area (Å²) in [5.41, 5.74) is 0.871. The van der Waals surface area contributed by atoms with E-state index in [0.717, 1.165) is 9.13 Å². The first-order valence-corrected chi connectivity index (χ1v) is 5.83. The number of rotatable bonds is 4. The van der Waals surface area contributed by atoms with Crippen molar-refractivity contribution in [3.05, 3.63) is 33.4 Å². The number of aliphatic carboxylic acids is 1. The van der Waals surface area contributed by atoms with Crippen molar-refractivity contribution in [2.75, 3.05) is 0 Å². The van der Waals surface area contributed by atoms with Gasteiger partial charge >= 0.3 is 5.97 Å². The Labute approximate surface area is 107 Å². The fraction of sp³-hybridized carbons (Fsp3) is 0.273. The molecule has 0 aromatic heterocycles. The highest BCUT2D eigenvalue weighted by Crippen LogP contribution is 2.07. The quantitative estimate of drug-likeness (QED) is 0.819. The van der Waals surface area contributed by atoms with Crippen LogP contribution in [0.15, 0.2) is 24.3 Å². The molecule has 1 rings (SSSR count). The summed E-state index contributed by atoms with van der Waals surface area (Å²) in [5.74, 6) is -1.31. The van der Waals surface area contributed by atoms with Crippen LogP contribution in [0.25, 0.3) is 0 Å². The molecule has 0 unspecified atom stereocenters. The lowest BCUT2D eigenvalue weighted by Gasteiger charge is -2.09. The number of carbonyl (C=O) groups is 2. The zero-order valence-corrected chi connectivity index (χ0v) is 10.9. The van der Waals surface area contributed by atoms with Crippen LogP contribution in [0.1, 0.15) is 12.5 Å². The average Bonchev–Trinajstić information content (AvgIpc) is 2.21. The molecule has 4 nitrogen and oxygen atoms in total. The van der Waals surface area contributed by atoms with Gasteiger partial charge in [0.1, 0.15) is 6.04 Å². The third-order valence-electron chi connectivity index (χ3n) is 2.03. The largest absolute Gasteiger partial charge is 0.480 e. The molecular formula is C11H12INO3. The van der Waals surface area contributed by atoms with Crippen molar-refractivity contribution in [1.29, 1.82) is 0 Å². The van der Waals surface area contributed by atoms with E-state index in [9.17, 15) is 9.59 Å². The molecule has 1 amide bonds. The third kappa shape index (κ3) is 4.18. The zero-order valence-electron chi connectivity index (χ0n) is 8.74. The maximum absolute atomic E-state index is 11.4. The van der Waals surface area contributed by atoms with Crippen LogP contribution < -0.4 is 5.32 Å². The standard InChI is InChI=1S/C11H12INO3/c1-7(11(15)16)13-10(14)6-8-2-4-9(12)5-3-8/h2-5,7H,6H2,1H3,(H,13,14)(H,15,16)/t7-/m0/s1. The van der Waals surface area contributed by atoms with Gasteiger partial charge in [-0.3, -0.25) is 9.59 Å². The fourth-order valence-corrected chi connectivity index (χ4v) is 1.50. The Kier molecular flexibility index (Phi) is 4.72. The van der Waals surface area contributed by atoms with Gasteiger partial charge in [-0.05, 0) is 47.2 Å².